The van der Waals surface area contributed by atoms with Crippen LogP contribution in [0.2, 0.25) is 0 Å². The summed E-state index contributed by atoms with van der Waals surface area (Å²) in [6.07, 6.45) is 5.84. The van der Waals surface area contributed by atoms with Gasteiger partial charge in [-0.1, -0.05) is 6.08 Å². The molecule has 0 aliphatic carbocycles. The first kappa shape index (κ1) is 10.3. The number of carbonyl (C=O) groups is 1. The summed E-state index contributed by atoms with van der Waals surface area (Å²) in [5, 5.41) is 0. The van der Waals surface area contributed by atoms with Gasteiger partial charge in [-0.05, 0) is 33.4 Å². The van der Waals surface area contributed by atoms with Gasteiger partial charge in [-0.2, -0.15) is 0 Å². The van der Waals surface area contributed by atoms with Crippen LogP contribution in [0, 0.1) is 0 Å². The van der Waals surface area contributed by atoms with Gasteiger partial charge in [0.1, 0.15) is 0 Å². The molecule has 1 rings (SSSR count). The van der Waals surface area contributed by atoms with Crippen molar-refractivity contribution >= 4 is 5.97 Å². The third-order valence-corrected chi connectivity index (χ3v) is 2.32. The van der Waals surface area contributed by atoms with E-state index < -0.39 is 0 Å². The highest BCUT2D eigenvalue weighted by Crippen LogP contribution is 2.15. The van der Waals surface area contributed by atoms with Crippen LogP contribution in [0.5, 0.6) is 0 Å². The van der Waals surface area contributed by atoms with Gasteiger partial charge >= 0.3 is 5.97 Å². The Kier molecular flexibility index (Phi) is 3.96. The molecule has 1 fully saturated rings. The fourth-order valence-corrected chi connectivity index (χ4v) is 1.56. The third-order valence-electron chi connectivity index (χ3n) is 2.32. The van der Waals surface area contributed by atoms with Crippen molar-refractivity contribution in [3.63, 3.8) is 0 Å². The van der Waals surface area contributed by atoms with Crippen molar-refractivity contribution in [1.29, 1.82) is 0 Å². The second-order valence-corrected chi connectivity index (χ2v) is 3.30. The molecular formula is C10H17NO2. The number of likely N-dealkylation sites (tertiary alicyclic amines) is 1. The Morgan fingerprint density at radius 2 is 2.46 bits per heavy atom. The predicted octanol–water partition coefficient (Wildman–Crippen LogP) is 1.20. The van der Waals surface area contributed by atoms with Crippen LogP contribution < -0.4 is 0 Å². The van der Waals surface area contributed by atoms with Crippen LogP contribution in [0.25, 0.3) is 0 Å². The molecule has 0 saturated carbocycles. The number of likely N-dealkylation sites (N-methyl/N-ethyl adjacent to an activating group) is 1. The van der Waals surface area contributed by atoms with E-state index in [2.05, 4.69) is 11.9 Å². The molecule has 1 heterocycles. The first-order valence-electron chi connectivity index (χ1n) is 4.79. The Morgan fingerprint density at radius 3 is 3.00 bits per heavy atom. The number of rotatable bonds is 3. The van der Waals surface area contributed by atoms with Crippen LogP contribution in [-0.4, -0.2) is 37.1 Å². The molecule has 1 aliphatic heterocycles. The molecule has 0 aromatic heterocycles. The molecule has 1 unspecified atom stereocenters. The first-order chi connectivity index (χ1) is 6.24. The molecular weight excluding hydrogens is 166 g/mol. The van der Waals surface area contributed by atoms with Crippen molar-refractivity contribution in [2.45, 2.75) is 25.8 Å². The molecule has 0 spiro atoms. The van der Waals surface area contributed by atoms with E-state index in [4.69, 9.17) is 4.74 Å². The fourth-order valence-electron chi connectivity index (χ4n) is 1.56. The summed E-state index contributed by atoms with van der Waals surface area (Å²) in [6.45, 7) is 3.38. The van der Waals surface area contributed by atoms with E-state index in [0.717, 1.165) is 13.0 Å². The summed E-state index contributed by atoms with van der Waals surface area (Å²) in [6, 6.07) is 0.421. The van der Waals surface area contributed by atoms with Gasteiger partial charge in [0.2, 0.25) is 0 Å². The minimum Gasteiger partial charge on any atom is -0.463 e. The standard InChI is InChI=1S/C10H17NO2/c1-3-13-10(12)7-6-9-5-4-8-11(9)2/h6-7,9H,3-5,8H2,1-2H3. The number of ether oxygens (including phenoxy) is 1. The number of esters is 1. The molecule has 1 saturated heterocycles. The number of hydrogen-bond donors (Lipinski definition) is 0. The Bertz CT molecular complexity index is 201. The minimum atomic E-state index is -0.234. The van der Waals surface area contributed by atoms with E-state index in [0.29, 0.717) is 12.6 Å². The Balaban J connectivity index is 2.34. The van der Waals surface area contributed by atoms with E-state index in [1.54, 1.807) is 0 Å². The van der Waals surface area contributed by atoms with Crippen LogP contribution >= 0.6 is 0 Å². The lowest BCUT2D eigenvalue weighted by molar-refractivity contribution is -0.137. The molecule has 0 aromatic rings. The van der Waals surface area contributed by atoms with Gasteiger partial charge in [-0.15, -0.1) is 0 Å². The van der Waals surface area contributed by atoms with E-state index in [1.807, 2.05) is 13.0 Å². The van der Waals surface area contributed by atoms with Crippen molar-refractivity contribution < 1.29 is 9.53 Å². The second kappa shape index (κ2) is 5.02. The van der Waals surface area contributed by atoms with Crippen LogP contribution in [0.1, 0.15) is 19.8 Å². The highest BCUT2D eigenvalue weighted by atomic mass is 16.5. The van der Waals surface area contributed by atoms with Crippen LogP contribution in [0.4, 0.5) is 0 Å². The normalized spacial score (nSPS) is 24.0. The molecule has 1 atom stereocenters. The maximum absolute atomic E-state index is 11.0. The molecule has 3 nitrogen and oxygen atoms in total. The summed E-state index contributed by atoms with van der Waals surface area (Å²) in [4.78, 5) is 13.2. The SMILES string of the molecule is CCOC(=O)C=CC1CCCN1C. The van der Waals surface area contributed by atoms with E-state index in [-0.39, 0.29) is 5.97 Å². The zero-order valence-corrected chi connectivity index (χ0v) is 8.32. The van der Waals surface area contributed by atoms with Crippen LogP contribution in [0.3, 0.4) is 0 Å². The average Bonchev–Trinajstić information content (AvgIpc) is 2.48. The lowest BCUT2D eigenvalue weighted by Gasteiger charge is -2.14. The zero-order valence-electron chi connectivity index (χ0n) is 8.32. The quantitative estimate of drug-likeness (QED) is 0.486. The van der Waals surface area contributed by atoms with Crippen LogP contribution in [0.15, 0.2) is 12.2 Å². The minimum absolute atomic E-state index is 0.234. The van der Waals surface area contributed by atoms with Gasteiger partial charge < -0.3 is 4.74 Å². The van der Waals surface area contributed by atoms with Crippen LogP contribution in [-0.2, 0) is 9.53 Å². The van der Waals surface area contributed by atoms with E-state index >= 15 is 0 Å². The molecule has 0 aromatic carbocycles. The van der Waals surface area contributed by atoms with Crippen molar-refractivity contribution in [1.82, 2.24) is 4.90 Å². The summed E-state index contributed by atoms with van der Waals surface area (Å²) < 4.78 is 4.79. The lowest BCUT2D eigenvalue weighted by atomic mass is 10.2. The first-order valence-corrected chi connectivity index (χ1v) is 4.79. The number of carbonyl (C=O) groups excluding carboxylic acids is 1. The Morgan fingerprint density at radius 1 is 1.69 bits per heavy atom. The third kappa shape index (κ3) is 3.19. The summed E-state index contributed by atoms with van der Waals surface area (Å²) >= 11 is 0. The maximum atomic E-state index is 11.0. The monoisotopic (exact) mass is 183 g/mol. The molecule has 74 valence electrons. The van der Waals surface area contributed by atoms with Gasteiger partial charge in [-0.3, -0.25) is 4.90 Å². The van der Waals surface area contributed by atoms with E-state index in [9.17, 15) is 4.79 Å². The molecule has 0 N–H and O–H groups in total. The highest BCUT2D eigenvalue weighted by molar-refractivity contribution is 5.81. The Labute approximate surface area is 79.4 Å². The van der Waals surface area contributed by atoms with E-state index in [1.165, 1.54) is 12.5 Å². The Hall–Kier alpha value is -0.830. The molecule has 0 bridgehead atoms. The molecule has 0 radical (unpaired) electrons. The maximum Gasteiger partial charge on any atom is 0.330 e. The summed E-state index contributed by atoms with van der Waals surface area (Å²) in [5.41, 5.74) is 0. The van der Waals surface area contributed by atoms with Gasteiger partial charge in [0.25, 0.3) is 0 Å². The van der Waals surface area contributed by atoms with Gasteiger partial charge in [0.15, 0.2) is 0 Å². The molecule has 0 amide bonds. The highest BCUT2D eigenvalue weighted by Gasteiger charge is 2.17. The predicted molar refractivity (Wildman–Crippen MR) is 51.4 cm³/mol. The fraction of sp³-hybridized carbons (Fsp3) is 0.700. The summed E-state index contributed by atoms with van der Waals surface area (Å²) in [5.74, 6) is -0.234. The smallest absolute Gasteiger partial charge is 0.330 e. The van der Waals surface area contributed by atoms with Crippen molar-refractivity contribution in [3.05, 3.63) is 12.2 Å². The van der Waals surface area contributed by atoms with Gasteiger partial charge in [-0.25, -0.2) is 4.79 Å². The topological polar surface area (TPSA) is 29.5 Å². The van der Waals surface area contributed by atoms with Gasteiger partial charge in [0.05, 0.1) is 6.61 Å². The number of nitrogens with zero attached hydrogens (tertiary/aromatic N) is 1. The second-order valence-electron chi connectivity index (χ2n) is 3.30. The van der Waals surface area contributed by atoms with Crippen molar-refractivity contribution in [3.8, 4) is 0 Å². The largest absolute Gasteiger partial charge is 0.463 e. The molecule has 13 heavy (non-hydrogen) atoms. The zero-order chi connectivity index (χ0) is 9.68. The van der Waals surface area contributed by atoms with Crippen molar-refractivity contribution in [2.24, 2.45) is 0 Å². The summed E-state index contributed by atoms with van der Waals surface area (Å²) in [7, 11) is 2.08. The molecule has 1 aliphatic rings. The average molecular weight is 183 g/mol. The van der Waals surface area contributed by atoms with Crippen molar-refractivity contribution in [2.75, 3.05) is 20.2 Å². The number of hydrogen-bond acceptors (Lipinski definition) is 3. The molecule has 3 heteroatoms. The lowest BCUT2D eigenvalue weighted by Crippen LogP contribution is -2.22. The van der Waals surface area contributed by atoms with Gasteiger partial charge in [0, 0.05) is 12.1 Å².